The number of aliphatic hydroxyl groups excluding tert-OH is 1. The van der Waals surface area contributed by atoms with Gasteiger partial charge in [0.1, 0.15) is 6.04 Å². The highest BCUT2D eigenvalue weighted by Gasteiger charge is 2.32. The van der Waals surface area contributed by atoms with Crippen molar-refractivity contribution in [1.82, 2.24) is 5.32 Å². The number of aliphatic hydroxyl groups is 2. The molecular weight excluding hydrogens is 252 g/mol. The Labute approximate surface area is 117 Å². The summed E-state index contributed by atoms with van der Waals surface area (Å²) in [6.07, 6.45) is -1.57. The molecule has 3 N–H and O–H groups in total. The smallest absolute Gasteiger partial charge is 0.211 e. The number of amidine groups is 1. The lowest BCUT2D eigenvalue weighted by Crippen LogP contribution is -2.33. The predicted molar refractivity (Wildman–Crippen MR) is 77.2 cm³/mol. The first-order chi connectivity index (χ1) is 9.75. The van der Waals surface area contributed by atoms with Gasteiger partial charge in [-0.25, -0.2) is 0 Å². The van der Waals surface area contributed by atoms with Crippen molar-refractivity contribution < 1.29 is 10.2 Å². The third kappa shape index (κ3) is 2.43. The van der Waals surface area contributed by atoms with Gasteiger partial charge in [0.15, 0.2) is 5.84 Å². The van der Waals surface area contributed by atoms with Crippen molar-refractivity contribution in [3.63, 3.8) is 0 Å². The Hall–Kier alpha value is -2.17. The average molecular weight is 268 g/mol. The number of hydrogen-bond acceptors (Lipinski definition) is 4. The number of nitrogens with zero attached hydrogens (tertiary/aromatic N) is 1. The fraction of sp³-hybridized carbons (Fsp3) is 0.188. The Bertz CT molecular complexity index is 596. The minimum absolute atomic E-state index is 0.0876. The molecule has 0 unspecified atom stereocenters. The van der Waals surface area contributed by atoms with Crippen molar-refractivity contribution in [2.24, 2.45) is 4.99 Å². The van der Waals surface area contributed by atoms with Crippen LogP contribution in [0.4, 0.5) is 0 Å². The van der Waals surface area contributed by atoms with E-state index in [1.807, 2.05) is 60.7 Å². The number of rotatable bonds is 3. The summed E-state index contributed by atoms with van der Waals surface area (Å²) in [6, 6.07) is 19.5. The Morgan fingerprint density at radius 3 is 1.95 bits per heavy atom. The van der Waals surface area contributed by atoms with Gasteiger partial charge in [-0.15, -0.1) is 0 Å². The zero-order chi connectivity index (χ0) is 13.9. The fourth-order valence-corrected chi connectivity index (χ4v) is 2.48. The molecule has 0 spiro atoms. The first kappa shape index (κ1) is 12.8. The molecule has 2 atom stereocenters. The molecule has 1 aliphatic heterocycles. The van der Waals surface area contributed by atoms with Crippen molar-refractivity contribution in [2.75, 3.05) is 0 Å². The minimum Gasteiger partial charge on any atom is -0.362 e. The summed E-state index contributed by atoms with van der Waals surface area (Å²) in [6.45, 7) is 0. The predicted octanol–water partition coefficient (Wildman–Crippen LogP) is 1.78. The molecule has 2 aromatic carbocycles. The Morgan fingerprint density at radius 2 is 1.40 bits per heavy atom. The molecule has 2 aromatic rings. The van der Waals surface area contributed by atoms with Crippen molar-refractivity contribution in [3.05, 3.63) is 71.8 Å². The molecule has 0 aromatic heterocycles. The maximum Gasteiger partial charge on any atom is 0.211 e. The highest BCUT2D eigenvalue weighted by atomic mass is 16.5. The van der Waals surface area contributed by atoms with Crippen LogP contribution in [-0.2, 0) is 0 Å². The summed E-state index contributed by atoms with van der Waals surface area (Å²) in [4.78, 5) is 4.42. The largest absolute Gasteiger partial charge is 0.362 e. The topological polar surface area (TPSA) is 64.8 Å². The van der Waals surface area contributed by atoms with Crippen LogP contribution in [0.2, 0.25) is 0 Å². The monoisotopic (exact) mass is 268 g/mol. The van der Waals surface area contributed by atoms with Gasteiger partial charge >= 0.3 is 0 Å². The second-order valence-electron chi connectivity index (χ2n) is 4.78. The van der Waals surface area contributed by atoms with Gasteiger partial charge in [0, 0.05) is 0 Å². The van der Waals surface area contributed by atoms with Gasteiger partial charge in [-0.05, 0) is 11.1 Å². The zero-order valence-corrected chi connectivity index (χ0v) is 10.8. The van der Waals surface area contributed by atoms with E-state index in [0.717, 1.165) is 11.1 Å². The highest BCUT2D eigenvalue weighted by Crippen LogP contribution is 2.36. The van der Waals surface area contributed by atoms with Crippen molar-refractivity contribution in [2.45, 2.75) is 18.4 Å². The van der Waals surface area contributed by atoms with Crippen molar-refractivity contribution >= 4 is 5.84 Å². The van der Waals surface area contributed by atoms with Gasteiger partial charge in [-0.1, -0.05) is 60.7 Å². The van der Waals surface area contributed by atoms with E-state index in [1.54, 1.807) is 0 Å². The molecule has 0 fully saturated rings. The molecule has 4 heteroatoms. The lowest BCUT2D eigenvalue weighted by atomic mass is 9.95. The molecule has 0 aliphatic carbocycles. The standard InChI is InChI=1S/C16H16N2O2/c19-16(20)15-17-13(11-7-3-1-4-8-11)14(18-15)12-9-5-2-6-10-12/h1-10,13-14,16,19-20H,(H,17,18)/t13-,14-/m0/s1. The second-order valence-corrected chi connectivity index (χ2v) is 4.78. The van der Waals surface area contributed by atoms with Crippen LogP contribution in [0.25, 0.3) is 0 Å². The molecule has 1 heterocycles. The van der Waals surface area contributed by atoms with E-state index in [0.29, 0.717) is 0 Å². The molecule has 0 amide bonds. The molecule has 20 heavy (non-hydrogen) atoms. The van der Waals surface area contributed by atoms with E-state index in [1.165, 1.54) is 0 Å². The average Bonchev–Trinajstić information content (AvgIpc) is 2.94. The summed E-state index contributed by atoms with van der Waals surface area (Å²) < 4.78 is 0. The lowest BCUT2D eigenvalue weighted by molar-refractivity contribution is 0.0171. The molecule has 4 nitrogen and oxygen atoms in total. The molecule has 3 rings (SSSR count). The van der Waals surface area contributed by atoms with Crippen LogP contribution in [0.1, 0.15) is 23.2 Å². The summed E-state index contributed by atoms with van der Waals surface area (Å²) in [5.41, 5.74) is 2.12. The minimum atomic E-state index is -1.57. The highest BCUT2D eigenvalue weighted by molar-refractivity contribution is 5.87. The van der Waals surface area contributed by atoms with E-state index >= 15 is 0 Å². The number of nitrogens with one attached hydrogen (secondary N) is 1. The van der Waals surface area contributed by atoms with E-state index in [2.05, 4.69) is 10.3 Å². The van der Waals surface area contributed by atoms with Crippen LogP contribution in [0.5, 0.6) is 0 Å². The van der Waals surface area contributed by atoms with Crippen molar-refractivity contribution in [3.8, 4) is 0 Å². The Kier molecular flexibility index (Phi) is 3.50. The fourth-order valence-electron chi connectivity index (χ4n) is 2.48. The molecule has 1 aliphatic rings. The molecule has 0 saturated carbocycles. The van der Waals surface area contributed by atoms with Gasteiger partial charge in [0.05, 0.1) is 6.04 Å². The van der Waals surface area contributed by atoms with Crippen LogP contribution < -0.4 is 5.32 Å². The van der Waals surface area contributed by atoms with E-state index < -0.39 is 6.29 Å². The summed E-state index contributed by atoms with van der Waals surface area (Å²) in [7, 11) is 0. The molecule has 0 radical (unpaired) electrons. The number of benzene rings is 2. The second kappa shape index (κ2) is 5.45. The summed E-state index contributed by atoms with van der Waals surface area (Å²) >= 11 is 0. The van der Waals surface area contributed by atoms with Crippen LogP contribution in [0.3, 0.4) is 0 Å². The summed E-state index contributed by atoms with van der Waals surface area (Å²) in [5.74, 6) is 0.215. The van der Waals surface area contributed by atoms with E-state index in [9.17, 15) is 10.2 Å². The third-order valence-electron chi connectivity index (χ3n) is 3.44. The Morgan fingerprint density at radius 1 is 0.850 bits per heavy atom. The maximum atomic E-state index is 9.34. The molecular formula is C16H16N2O2. The van der Waals surface area contributed by atoms with Gasteiger partial charge in [0.25, 0.3) is 0 Å². The first-order valence-electron chi connectivity index (χ1n) is 6.56. The molecule has 0 bridgehead atoms. The lowest BCUT2D eigenvalue weighted by Gasteiger charge is -2.19. The zero-order valence-electron chi connectivity index (χ0n) is 10.8. The van der Waals surface area contributed by atoms with Crippen LogP contribution in [0, 0.1) is 0 Å². The Balaban J connectivity index is 1.98. The van der Waals surface area contributed by atoms with Crippen LogP contribution in [0.15, 0.2) is 65.7 Å². The molecule has 0 saturated heterocycles. The maximum absolute atomic E-state index is 9.34. The van der Waals surface area contributed by atoms with Gasteiger partial charge < -0.3 is 15.5 Å². The van der Waals surface area contributed by atoms with Crippen molar-refractivity contribution in [1.29, 1.82) is 0 Å². The van der Waals surface area contributed by atoms with Crippen LogP contribution >= 0.6 is 0 Å². The van der Waals surface area contributed by atoms with Crippen LogP contribution in [-0.4, -0.2) is 22.3 Å². The van der Waals surface area contributed by atoms with Gasteiger partial charge in [-0.3, -0.25) is 4.99 Å². The quantitative estimate of drug-likeness (QED) is 0.743. The van der Waals surface area contributed by atoms with E-state index in [4.69, 9.17) is 0 Å². The summed E-state index contributed by atoms with van der Waals surface area (Å²) in [5, 5.41) is 21.8. The van der Waals surface area contributed by atoms with Gasteiger partial charge in [-0.2, -0.15) is 0 Å². The first-order valence-corrected chi connectivity index (χ1v) is 6.56. The normalized spacial score (nSPS) is 21.6. The number of hydrogen-bond donors (Lipinski definition) is 3. The SMILES string of the molecule is OC(O)C1=N[C@@H](c2ccccc2)[C@H](c2ccccc2)N1. The number of aliphatic imine (C=N–C) groups is 1. The van der Waals surface area contributed by atoms with Gasteiger partial charge in [0.2, 0.25) is 6.29 Å². The third-order valence-corrected chi connectivity index (χ3v) is 3.44. The van der Waals surface area contributed by atoms with E-state index in [-0.39, 0.29) is 17.9 Å². The molecule has 102 valence electrons.